The van der Waals surface area contributed by atoms with Crippen LogP contribution in [-0.2, 0) is 7.05 Å². The van der Waals surface area contributed by atoms with E-state index >= 15 is 0 Å². The lowest BCUT2D eigenvalue weighted by molar-refractivity contribution is 0.0942. The number of rotatable bonds is 5. The van der Waals surface area contributed by atoms with E-state index < -0.39 is 0 Å². The Kier molecular flexibility index (Phi) is 5.12. The molecular formula is C19H22N4O2S2. The fourth-order valence-electron chi connectivity index (χ4n) is 3.64. The molecule has 3 aromatic rings. The summed E-state index contributed by atoms with van der Waals surface area (Å²) < 4.78 is 1.45. The third-order valence-electron chi connectivity index (χ3n) is 5.13. The molecule has 4 rings (SSSR count). The van der Waals surface area contributed by atoms with E-state index in [1.807, 2.05) is 6.92 Å². The second-order valence-electron chi connectivity index (χ2n) is 6.88. The van der Waals surface area contributed by atoms with Gasteiger partial charge in [0, 0.05) is 18.5 Å². The molecule has 1 aliphatic heterocycles. The zero-order valence-corrected chi connectivity index (χ0v) is 17.0. The Morgan fingerprint density at radius 3 is 2.85 bits per heavy atom. The number of thiophene rings is 2. The van der Waals surface area contributed by atoms with E-state index in [2.05, 4.69) is 32.7 Å². The Morgan fingerprint density at radius 1 is 1.37 bits per heavy atom. The van der Waals surface area contributed by atoms with Crippen molar-refractivity contribution in [2.75, 3.05) is 19.6 Å². The lowest BCUT2D eigenvalue weighted by Crippen LogP contribution is -2.36. The van der Waals surface area contributed by atoms with Gasteiger partial charge < -0.3 is 9.88 Å². The van der Waals surface area contributed by atoms with Crippen LogP contribution in [0.3, 0.4) is 0 Å². The molecule has 3 aromatic heterocycles. The molecule has 8 heteroatoms. The number of aryl methyl sites for hydroxylation is 2. The molecule has 0 saturated carbocycles. The molecule has 1 atom stereocenters. The Morgan fingerprint density at radius 2 is 2.15 bits per heavy atom. The molecule has 1 N–H and O–H groups in total. The second-order valence-corrected chi connectivity index (χ2v) is 8.86. The van der Waals surface area contributed by atoms with Crippen molar-refractivity contribution in [3.8, 4) is 0 Å². The maximum Gasteiger partial charge on any atom is 0.262 e. The van der Waals surface area contributed by atoms with Gasteiger partial charge in [-0.3, -0.25) is 14.5 Å². The molecule has 0 bridgehead atoms. The monoisotopic (exact) mass is 402 g/mol. The van der Waals surface area contributed by atoms with Crippen molar-refractivity contribution in [2.24, 2.45) is 7.05 Å². The normalized spacial score (nSPS) is 16.1. The van der Waals surface area contributed by atoms with E-state index in [9.17, 15) is 9.59 Å². The number of nitrogens with one attached hydrogen (secondary N) is 1. The van der Waals surface area contributed by atoms with Crippen molar-refractivity contribution >= 4 is 38.8 Å². The van der Waals surface area contributed by atoms with Crippen molar-refractivity contribution in [1.29, 1.82) is 0 Å². The maximum absolute atomic E-state index is 12.9. The van der Waals surface area contributed by atoms with Crippen LogP contribution in [0, 0.1) is 6.92 Å². The molecule has 1 unspecified atom stereocenters. The highest BCUT2D eigenvalue weighted by Gasteiger charge is 2.26. The van der Waals surface area contributed by atoms with Gasteiger partial charge in [-0.15, -0.1) is 22.7 Å². The predicted molar refractivity (Wildman–Crippen MR) is 110 cm³/mol. The molecule has 0 spiro atoms. The maximum atomic E-state index is 12.9. The summed E-state index contributed by atoms with van der Waals surface area (Å²) in [6.07, 6.45) is 3.92. The average Bonchev–Trinajstić information content (AvgIpc) is 3.40. The second kappa shape index (κ2) is 7.53. The number of likely N-dealkylation sites (tertiary alicyclic amines) is 1. The summed E-state index contributed by atoms with van der Waals surface area (Å²) in [4.78, 5) is 34.5. The number of hydrogen-bond donors (Lipinski definition) is 1. The van der Waals surface area contributed by atoms with Gasteiger partial charge in [-0.05, 0) is 49.9 Å². The number of amides is 1. The van der Waals surface area contributed by atoms with Gasteiger partial charge in [-0.25, -0.2) is 4.98 Å². The number of fused-ring (bicyclic) bond motifs is 1. The standard InChI is InChI=1S/C19H22N4O2S2/c1-12-15-18(21-11-22(2)19(15)25)27-16(12)17(24)20-10-13(14-6-5-9-26-14)23-7-3-4-8-23/h5-6,9,11,13H,3-4,7-8,10H2,1-2H3,(H,20,24). The van der Waals surface area contributed by atoms with Crippen LogP contribution < -0.4 is 10.9 Å². The van der Waals surface area contributed by atoms with E-state index in [-0.39, 0.29) is 17.5 Å². The number of hydrogen-bond acceptors (Lipinski definition) is 6. The Bertz CT molecular complexity index is 1020. The van der Waals surface area contributed by atoms with Crippen LogP contribution in [0.4, 0.5) is 0 Å². The molecule has 1 aliphatic rings. The molecule has 0 aromatic carbocycles. The summed E-state index contributed by atoms with van der Waals surface area (Å²) in [5, 5.41) is 5.73. The van der Waals surface area contributed by atoms with Crippen LogP contribution in [0.15, 0.2) is 28.6 Å². The van der Waals surface area contributed by atoms with E-state index in [1.165, 1.54) is 39.9 Å². The number of nitrogens with zero attached hydrogens (tertiary/aromatic N) is 3. The largest absolute Gasteiger partial charge is 0.349 e. The molecule has 6 nitrogen and oxygen atoms in total. The number of aromatic nitrogens is 2. The Labute approximate surface area is 165 Å². The molecule has 0 radical (unpaired) electrons. The summed E-state index contributed by atoms with van der Waals surface area (Å²) in [7, 11) is 1.67. The molecule has 27 heavy (non-hydrogen) atoms. The van der Waals surface area contributed by atoms with Gasteiger partial charge in [0.25, 0.3) is 11.5 Å². The molecule has 1 saturated heterocycles. The molecular weight excluding hydrogens is 380 g/mol. The minimum Gasteiger partial charge on any atom is -0.349 e. The zero-order chi connectivity index (χ0) is 19.0. The smallest absolute Gasteiger partial charge is 0.262 e. The first kappa shape index (κ1) is 18.3. The van der Waals surface area contributed by atoms with Crippen LogP contribution in [-0.4, -0.2) is 40.0 Å². The average molecular weight is 403 g/mol. The Hall–Kier alpha value is -2.03. The first-order chi connectivity index (χ1) is 13.1. The fraction of sp³-hybridized carbons (Fsp3) is 0.421. The quantitative estimate of drug-likeness (QED) is 0.713. The highest BCUT2D eigenvalue weighted by atomic mass is 32.1. The molecule has 142 valence electrons. The number of carbonyl (C=O) groups is 1. The number of carbonyl (C=O) groups excluding carboxylic acids is 1. The highest BCUT2D eigenvalue weighted by Crippen LogP contribution is 2.29. The van der Waals surface area contributed by atoms with Crippen LogP contribution in [0.2, 0.25) is 0 Å². The van der Waals surface area contributed by atoms with Crippen LogP contribution in [0.25, 0.3) is 10.2 Å². The molecule has 4 heterocycles. The highest BCUT2D eigenvalue weighted by molar-refractivity contribution is 7.20. The fourth-order valence-corrected chi connectivity index (χ4v) is 5.56. The minimum absolute atomic E-state index is 0.110. The van der Waals surface area contributed by atoms with E-state index in [1.54, 1.807) is 18.4 Å². The van der Waals surface area contributed by atoms with E-state index in [4.69, 9.17) is 0 Å². The van der Waals surface area contributed by atoms with Crippen molar-refractivity contribution < 1.29 is 4.79 Å². The zero-order valence-electron chi connectivity index (χ0n) is 15.4. The first-order valence-corrected chi connectivity index (χ1v) is 10.8. The van der Waals surface area contributed by atoms with Gasteiger partial charge in [-0.2, -0.15) is 0 Å². The summed E-state index contributed by atoms with van der Waals surface area (Å²) in [5.41, 5.74) is 0.608. The van der Waals surface area contributed by atoms with Crippen molar-refractivity contribution in [3.63, 3.8) is 0 Å². The summed E-state index contributed by atoms with van der Waals surface area (Å²) in [5.74, 6) is -0.127. The van der Waals surface area contributed by atoms with Crippen molar-refractivity contribution in [2.45, 2.75) is 25.8 Å². The summed E-state index contributed by atoms with van der Waals surface area (Å²) in [6.45, 7) is 4.53. The van der Waals surface area contributed by atoms with Gasteiger partial charge in [0.15, 0.2) is 0 Å². The van der Waals surface area contributed by atoms with Crippen LogP contribution >= 0.6 is 22.7 Å². The molecule has 1 amide bonds. The van der Waals surface area contributed by atoms with E-state index in [0.717, 1.165) is 18.7 Å². The molecule has 1 fully saturated rings. The van der Waals surface area contributed by atoms with Gasteiger partial charge >= 0.3 is 0 Å². The minimum atomic E-state index is -0.127. The van der Waals surface area contributed by atoms with Crippen LogP contribution in [0.1, 0.15) is 39.0 Å². The van der Waals surface area contributed by atoms with Crippen molar-refractivity contribution in [1.82, 2.24) is 19.8 Å². The summed E-state index contributed by atoms with van der Waals surface area (Å²) in [6, 6.07) is 4.40. The lowest BCUT2D eigenvalue weighted by atomic mass is 10.2. The van der Waals surface area contributed by atoms with Gasteiger partial charge in [-0.1, -0.05) is 6.07 Å². The van der Waals surface area contributed by atoms with Gasteiger partial charge in [0.2, 0.25) is 0 Å². The third kappa shape index (κ3) is 3.44. The van der Waals surface area contributed by atoms with Gasteiger partial charge in [0.1, 0.15) is 4.83 Å². The van der Waals surface area contributed by atoms with Crippen LogP contribution in [0.5, 0.6) is 0 Å². The molecule has 0 aliphatic carbocycles. The van der Waals surface area contributed by atoms with Crippen molar-refractivity contribution in [3.05, 3.63) is 49.5 Å². The Balaban J connectivity index is 1.56. The summed E-state index contributed by atoms with van der Waals surface area (Å²) >= 11 is 3.02. The third-order valence-corrected chi connectivity index (χ3v) is 7.30. The first-order valence-electron chi connectivity index (χ1n) is 9.06. The SMILES string of the molecule is Cc1c(C(=O)NCC(c2cccs2)N2CCCC2)sc2ncn(C)c(=O)c12. The topological polar surface area (TPSA) is 67.2 Å². The lowest BCUT2D eigenvalue weighted by Gasteiger charge is -2.26. The van der Waals surface area contributed by atoms with Gasteiger partial charge in [0.05, 0.1) is 22.6 Å². The predicted octanol–water partition coefficient (Wildman–Crippen LogP) is 2.93. The van der Waals surface area contributed by atoms with E-state index in [0.29, 0.717) is 21.6 Å².